The van der Waals surface area contributed by atoms with Crippen molar-refractivity contribution in [1.29, 1.82) is 0 Å². The number of nitrogens with zero attached hydrogens (tertiary/aromatic N) is 2. The van der Waals surface area contributed by atoms with E-state index in [9.17, 15) is 9.59 Å². The molecular weight excluding hydrogens is 428 g/mol. The number of carbonyl (C=O) groups is 2. The molecule has 1 amide bonds. The van der Waals surface area contributed by atoms with Crippen molar-refractivity contribution >= 4 is 28.2 Å². The zero-order valence-electron chi connectivity index (χ0n) is 18.1. The molecule has 0 radical (unpaired) electrons. The normalized spacial score (nSPS) is 14.9. The summed E-state index contributed by atoms with van der Waals surface area (Å²) in [6.07, 6.45) is 3.73. The highest BCUT2D eigenvalue weighted by atomic mass is 32.1. The van der Waals surface area contributed by atoms with Crippen molar-refractivity contribution in [2.45, 2.75) is 45.1 Å². The van der Waals surface area contributed by atoms with Gasteiger partial charge in [-0.05, 0) is 25.3 Å². The van der Waals surface area contributed by atoms with Gasteiger partial charge in [0.25, 0.3) is 0 Å². The third kappa shape index (κ3) is 4.58. The fraction of sp³-hybridized carbons (Fsp3) is 0.391. The number of ether oxygens (including phenoxy) is 1. The maximum atomic E-state index is 12.8. The van der Waals surface area contributed by atoms with E-state index in [1.807, 2.05) is 35.7 Å². The van der Waals surface area contributed by atoms with Crippen molar-refractivity contribution in [2.24, 2.45) is 0 Å². The Labute approximate surface area is 190 Å². The summed E-state index contributed by atoms with van der Waals surface area (Å²) in [7, 11) is 0. The van der Waals surface area contributed by atoms with E-state index in [1.54, 1.807) is 13.8 Å². The molecule has 32 heavy (non-hydrogen) atoms. The Balaban J connectivity index is 1.51. The lowest BCUT2D eigenvalue weighted by Gasteiger charge is -2.26. The van der Waals surface area contributed by atoms with E-state index in [4.69, 9.17) is 9.26 Å². The molecule has 1 aliphatic carbocycles. The minimum atomic E-state index is -0.469. The number of benzene rings is 1. The lowest BCUT2D eigenvalue weighted by molar-refractivity contribution is -0.115. The van der Waals surface area contributed by atoms with Crippen LogP contribution in [-0.4, -0.2) is 35.2 Å². The predicted molar refractivity (Wildman–Crippen MR) is 122 cm³/mol. The first-order chi connectivity index (χ1) is 15.5. The molecule has 168 valence electrons. The van der Waals surface area contributed by atoms with Crippen LogP contribution in [0.5, 0.6) is 0 Å². The van der Waals surface area contributed by atoms with E-state index < -0.39 is 11.5 Å². The van der Waals surface area contributed by atoms with Crippen molar-refractivity contribution in [1.82, 2.24) is 15.5 Å². The van der Waals surface area contributed by atoms with E-state index in [1.165, 1.54) is 11.3 Å². The van der Waals surface area contributed by atoms with Gasteiger partial charge < -0.3 is 14.6 Å². The van der Waals surface area contributed by atoms with Crippen LogP contribution < -0.4 is 10.6 Å². The van der Waals surface area contributed by atoms with E-state index >= 15 is 0 Å². The Bertz CT molecular complexity index is 1090. The van der Waals surface area contributed by atoms with Gasteiger partial charge in [0, 0.05) is 17.9 Å². The van der Waals surface area contributed by atoms with Gasteiger partial charge in [-0.3, -0.25) is 10.1 Å². The maximum Gasteiger partial charge on any atom is 0.341 e. The lowest BCUT2D eigenvalue weighted by atomic mass is 9.96. The Morgan fingerprint density at radius 3 is 2.62 bits per heavy atom. The molecule has 1 saturated carbocycles. The minimum absolute atomic E-state index is 0.0639. The average molecular weight is 455 g/mol. The number of aryl methyl sites for hydroxylation is 1. The first-order valence-electron chi connectivity index (χ1n) is 10.7. The fourth-order valence-electron chi connectivity index (χ4n) is 4.06. The number of anilines is 1. The first-order valence-corrected chi connectivity index (χ1v) is 11.6. The molecule has 0 aliphatic heterocycles. The Hall–Kier alpha value is -3.04. The third-order valence-electron chi connectivity index (χ3n) is 5.61. The topological polar surface area (TPSA) is 106 Å². The number of esters is 1. The van der Waals surface area contributed by atoms with Crippen LogP contribution in [-0.2, 0) is 15.1 Å². The number of carbonyl (C=O) groups excluding carboxylic acids is 2. The van der Waals surface area contributed by atoms with Gasteiger partial charge in [-0.15, -0.1) is 11.3 Å². The van der Waals surface area contributed by atoms with Crippen LogP contribution in [0.2, 0.25) is 0 Å². The highest BCUT2D eigenvalue weighted by Gasteiger charge is 2.40. The molecule has 3 aromatic rings. The molecule has 2 heterocycles. The summed E-state index contributed by atoms with van der Waals surface area (Å²) >= 11 is 1.31. The van der Waals surface area contributed by atoms with Gasteiger partial charge in [-0.25, -0.2) is 4.79 Å². The second-order valence-electron chi connectivity index (χ2n) is 7.77. The summed E-state index contributed by atoms with van der Waals surface area (Å²) in [5, 5.41) is 12.7. The second kappa shape index (κ2) is 9.62. The Kier molecular flexibility index (Phi) is 6.66. The van der Waals surface area contributed by atoms with Gasteiger partial charge in [0.05, 0.1) is 18.7 Å². The quantitative estimate of drug-likeness (QED) is 0.489. The van der Waals surface area contributed by atoms with Crippen molar-refractivity contribution in [2.75, 3.05) is 18.5 Å². The first kappa shape index (κ1) is 22.2. The van der Waals surface area contributed by atoms with Gasteiger partial charge in [-0.2, -0.15) is 4.98 Å². The standard InChI is InChI=1S/C23H26N4O4S/c1-3-30-21(29)19-17(16-9-5-4-6-10-16)14-32-20(19)26-18(28)13-24-23(11-7-8-12-23)22-25-15(2)31-27-22/h4-6,9-10,14,24H,3,7-8,11-13H2,1-2H3,(H,26,28). The van der Waals surface area contributed by atoms with Gasteiger partial charge >= 0.3 is 5.97 Å². The van der Waals surface area contributed by atoms with Crippen LogP contribution in [0.4, 0.5) is 5.00 Å². The Morgan fingerprint density at radius 1 is 1.22 bits per heavy atom. The molecular formula is C23H26N4O4S. The summed E-state index contributed by atoms with van der Waals surface area (Å²) in [4.78, 5) is 29.9. The molecule has 1 aromatic carbocycles. The second-order valence-corrected chi connectivity index (χ2v) is 8.65. The molecule has 1 fully saturated rings. The average Bonchev–Trinajstić information content (AvgIpc) is 3.53. The zero-order valence-corrected chi connectivity index (χ0v) is 19.0. The smallest absolute Gasteiger partial charge is 0.341 e. The summed E-state index contributed by atoms with van der Waals surface area (Å²) in [6, 6.07) is 9.58. The van der Waals surface area contributed by atoms with Crippen LogP contribution in [0.15, 0.2) is 40.2 Å². The molecule has 2 aromatic heterocycles. The third-order valence-corrected chi connectivity index (χ3v) is 6.50. The van der Waals surface area contributed by atoms with Crippen LogP contribution in [0, 0.1) is 6.92 Å². The number of hydrogen-bond acceptors (Lipinski definition) is 8. The molecule has 1 aliphatic rings. The monoisotopic (exact) mass is 454 g/mol. The largest absolute Gasteiger partial charge is 0.462 e. The van der Waals surface area contributed by atoms with Crippen LogP contribution in [0.3, 0.4) is 0 Å². The highest BCUT2D eigenvalue weighted by molar-refractivity contribution is 7.15. The van der Waals surface area contributed by atoms with Gasteiger partial charge in [0.1, 0.15) is 10.6 Å². The number of rotatable bonds is 8. The molecule has 9 heteroatoms. The van der Waals surface area contributed by atoms with Crippen molar-refractivity contribution in [3.8, 4) is 11.1 Å². The maximum absolute atomic E-state index is 12.8. The van der Waals surface area contributed by atoms with E-state index in [-0.39, 0.29) is 19.1 Å². The number of amides is 1. The minimum Gasteiger partial charge on any atom is -0.462 e. The van der Waals surface area contributed by atoms with Crippen molar-refractivity contribution in [3.63, 3.8) is 0 Å². The molecule has 0 spiro atoms. The van der Waals surface area contributed by atoms with Crippen LogP contribution in [0.25, 0.3) is 11.1 Å². The van der Waals surface area contributed by atoms with Crippen molar-refractivity contribution in [3.05, 3.63) is 53.0 Å². The van der Waals surface area contributed by atoms with Crippen LogP contribution in [0.1, 0.15) is 54.7 Å². The Morgan fingerprint density at radius 2 is 1.97 bits per heavy atom. The molecule has 0 bridgehead atoms. The van der Waals surface area contributed by atoms with Gasteiger partial charge in [0.15, 0.2) is 5.82 Å². The summed E-state index contributed by atoms with van der Waals surface area (Å²) < 4.78 is 10.4. The van der Waals surface area contributed by atoms with Crippen molar-refractivity contribution < 1.29 is 18.8 Å². The summed E-state index contributed by atoms with van der Waals surface area (Å²) in [5.41, 5.74) is 1.54. The molecule has 8 nitrogen and oxygen atoms in total. The predicted octanol–water partition coefficient (Wildman–Crippen LogP) is 4.28. The number of aromatic nitrogens is 2. The summed E-state index contributed by atoms with van der Waals surface area (Å²) in [5.74, 6) is 0.396. The number of hydrogen-bond donors (Lipinski definition) is 2. The van der Waals surface area contributed by atoms with Crippen LogP contribution >= 0.6 is 11.3 Å². The lowest BCUT2D eigenvalue weighted by Crippen LogP contribution is -2.44. The van der Waals surface area contributed by atoms with Gasteiger partial charge in [0.2, 0.25) is 11.8 Å². The summed E-state index contributed by atoms with van der Waals surface area (Å²) in [6.45, 7) is 3.83. The molecule has 0 saturated heterocycles. The van der Waals surface area contributed by atoms with Gasteiger partial charge in [-0.1, -0.05) is 48.3 Å². The van der Waals surface area contributed by atoms with E-state index in [2.05, 4.69) is 20.8 Å². The zero-order chi connectivity index (χ0) is 22.6. The molecule has 4 rings (SSSR count). The van der Waals surface area contributed by atoms with E-state index in [0.29, 0.717) is 22.3 Å². The van der Waals surface area contributed by atoms with E-state index in [0.717, 1.165) is 36.8 Å². The SMILES string of the molecule is CCOC(=O)c1c(-c2ccccc2)csc1NC(=O)CNC1(c2noc(C)n2)CCCC1. The number of thiophene rings is 1. The molecule has 2 N–H and O–H groups in total. The molecule has 0 atom stereocenters. The highest BCUT2D eigenvalue weighted by Crippen LogP contribution is 2.38. The molecule has 0 unspecified atom stereocenters. The fourth-order valence-corrected chi connectivity index (χ4v) is 5.03. The number of nitrogens with one attached hydrogen (secondary N) is 2.